The van der Waals surface area contributed by atoms with Gasteiger partial charge >= 0.3 is 0 Å². The summed E-state index contributed by atoms with van der Waals surface area (Å²) in [5, 5.41) is 13.3. The van der Waals surface area contributed by atoms with Crippen molar-refractivity contribution < 1.29 is 23.1 Å². The van der Waals surface area contributed by atoms with Crippen LogP contribution in [-0.4, -0.2) is 25.0 Å². The monoisotopic (exact) mass is 345 g/mol. The number of nitrogens with one attached hydrogen (secondary N) is 2. The van der Waals surface area contributed by atoms with Crippen LogP contribution in [0.15, 0.2) is 42.5 Å². The summed E-state index contributed by atoms with van der Waals surface area (Å²) in [6, 6.07) is 11.1. The number of nitrogens with zero attached hydrogens (tertiary/aromatic N) is 1. The second kappa shape index (κ2) is 8.40. The lowest BCUT2D eigenvalue weighted by Gasteiger charge is -2.08. The molecular weight excluding hydrogens is 332 g/mol. The van der Waals surface area contributed by atoms with E-state index in [2.05, 4.69) is 10.6 Å². The lowest BCUT2D eigenvalue weighted by molar-refractivity contribution is -0.125. The van der Waals surface area contributed by atoms with Gasteiger partial charge in [-0.05, 0) is 36.4 Å². The van der Waals surface area contributed by atoms with Gasteiger partial charge < -0.3 is 15.4 Å². The number of anilines is 1. The fourth-order valence-electron chi connectivity index (χ4n) is 1.78. The molecule has 0 saturated heterocycles. The molecule has 2 N–H and O–H groups in total. The van der Waals surface area contributed by atoms with Gasteiger partial charge in [0, 0.05) is 11.8 Å². The van der Waals surface area contributed by atoms with Crippen LogP contribution in [0.3, 0.4) is 0 Å². The SMILES string of the molecule is N#Cc1ccc(OCC(=O)NCC(=O)Nc2ccc(F)c(F)c2)cc1. The average Bonchev–Trinajstić information content (AvgIpc) is 2.61. The Hall–Kier alpha value is -3.47. The van der Waals surface area contributed by atoms with E-state index in [0.717, 1.165) is 12.1 Å². The zero-order valence-electron chi connectivity index (χ0n) is 12.9. The summed E-state index contributed by atoms with van der Waals surface area (Å²) in [5.74, 6) is -2.84. The molecule has 6 nitrogen and oxygen atoms in total. The van der Waals surface area contributed by atoms with Gasteiger partial charge in [-0.25, -0.2) is 8.78 Å². The van der Waals surface area contributed by atoms with Gasteiger partial charge in [0.1, 0.15) is 5.75 Å². The Morgan fingerprint density at radius 1 is 1.04 bits per heavy atom. The Balaban J connectivity index is 1.74. The fraction of sp³-hybridized carbons (Fsp3) is 0.118. The highest BCUT2D eigenvalue weighted by Gasteiger charge is 2.09. The van der Waals surface area contributed by atoms with Crippen LogP contribution in [0, 0.1) is 23.0 Å². The largest absolute Gasteiger partial charge is 0.484 e. The third-order valence-electron chi connectivity index (χ3n) is 3.00. The predicted octanol–water partition coefficient (Wildman–Crippen LogP) is 1.97. The number of amides is 2. The van der Waals surface area contributed by atoms with Crippen LogP contribution in [0.5, 0.6) is 5.75 Å². The molecule has 0 bridgehead atoms. The number of benzene rings is 2. The number of nitriles is 1. The number of rotatable bonds is 6. The first-order valence-electron chi connectivity index (χ1n) is 7.12. The van der Waals surface area contributed by atoms with E-state index in [1.807, 2.05) is 6.07 Å². The van der Waals surface area contributed by atoms with Crippen molar-refractivity contribution in [2.45, 2.75) is 0 Å². The maximum atomic E-state index is 13.0. The minimum atomic E-state index is -1.09. The van der Waals surface area contributed by atoms with Crippen LogP contribution in [0.1, 0.15) is 5.56 Å². The van der Waals surface area contributed by atoms with Crippen molar-refractivity contribution in [1.82, 2.24) is 5.32 Å². The van der Waals surface area contributed by atoms with Crippen LogP contribution < -0.4 is 15.4 Å². The zero-order chi connectivity index (χ0) is 18.2. The molecule has 8 heteroatoms. The Labute approximate surface area is 142 Å². The quantitative estimate of drug-likeness (QED) is 0.837. The van der Waals surface area contributed by atoms with Gasteiger partial charge in [-0.2, -0.15) is 5.26 Å². The van der Waals surface area contributed by atoms with E-state index in [-0.39, 0.29) is 18.8 Å². The first-order valence-corrected chi connectivity index (χ1v) is 7.12. The summed E-state index contributed by atoms with van der Waals surface area (Å²) in [6.45, 7) is -0.668. The molecule has 0 saturated carbocycles. The second-order valence-corrected chi connectivity index (χ2v) is 4.88. The average molecular weight is 345 g/mol. The zero-order valence-corrected chi connectivity index (χ0v) is 12.9. The molecule has 0 fully saturated rings. The van der Waals surface area contributed by atoms with Crippen LogP contribution in [-0.2, 0) is 9.59 Å². The van der Waals surface area contributed by atoms with Gasteiger partial charge in [-0.3, -0.25) is 9.59 Å². The number of hydrogen-bond acceptors (Lipinski definition) is 4. The molecule has 0 spiro atoms. The van der Waals surface area contributed by atoms with Crippen LogP contribution in [0.25, 0.3) is 0 Å². The summed E-state index contributed by atoms with van der Waals surface area (Å²) in [7, 11) is 0. The molecule has 128 valence electrons. The maximum absolute atomic E-state index is 13.0. The Bertz CT molecular complexity index is 817. The molecule has 0 aliphatic carbocycles. The number of carbonyl (C=O) groups excluding carboxylic acids is 2. The van der Waals surface area contributed by atoms with Crippen molar-refractivity contribution in [2.75, 3.05) is 18.5 Å². The number of ether oxygens (including phenoxy) is 1. The number of carbonyl (C=O) groups is 2. The highest BCUT2D eigenvalue weighted by atomic mass is 19.2. The Morgan fingerprint density at radius 2 is 1.76 bits per heavy atom. The van der Waals surface area contributed by atoms with Gasteiger partial charge in [0.15, 0.2) is 18.2 Å². The van der Waals surface area contributed by atoms with Crippen molar-refractivity contribution >= 4 is 17.5 Å². The van der Waals surface area contributed by atoms with Crippen LogP contribution in [0.4, 0.5) is 14.5 Å². The first kappa shape index (κ1) is 17.9. The molecule has 0 aliphatic rings. The lowest BCUT2D eigenvalue weighted by Crippen LogP contribution is -2.35. The molecule has 2 amide bonds. The van der Waals surface area contributed by atoms with Gasteiger partial charge in [0.25, 0.3) is 5.91 Å². The Morgan fingerprint density at radius 3 is 2.40 bits per heavy atom. The van der Waals surface area contributed by atoms with E-state index >= 15 is 0 Å². The van der Waals surface area contributed by atoms with E-state index in [1.54, 1.807) is 24.3 Å². The topological polar surface area (TPSA) is 91.2 Å². The number of hydrogen-bond donors (Lipinski definition) is 2. The van der Waals surface area contributed by atoms with Gasteiger partial charge in [0.2, 0.25) is 5.91 Å². The van der Waals surface area contributed by atoms with Crippen molar-refractivity contribution in [3.05, 3.63) is 59.7 Å². The highest BCUT2D eigenvalue weighted by Crippen LogP contribution is 2.13. The maximum Gasteiger partial charge on any atom is 0.258 e. The predicted molar refractivity (Wildman–Crippen MR) is 84.6 cm³/mol. The van der Waals surface area contributed by atoms with Crippen LogP contribution in [0.2, 0.25) is 0 Å². The van der Waals surface area contributed by atoms with Crippen LogP contribution >= 0.6 is 0 Å². The number of halogens is 2. The molecule has 25 heavy (non-hydrogen) atoms. The molecule has 0 aliphatic heterocycles. The molecular formula is C17H13F2N3O3. The smallest absolute Gasteiger partial charge is 0.258 e. The first-order chi connectivity index (χ1) is 12.0. The van der Waals surface area contributed by atoms with Gasteiger partial charge in [0.05, 0.1) is 18.2 Å². The molecule has 2 aromatic rings. The third kappa shape index (κ3) is 5.58. The van der Waals surface area contributed by atoms with E-state index in [1.165, 1.54) is 6.07 Å². The van der Waals surface area contributed by atoms with Crippen molar-refractivity contribution in [3.8, 4) is 11.8 Å². The molecule has 0 aromatic heterocycles. The normalized spacial score (nSPS) is 9.80. The van der Waals surface area contributed by atoms with Crippen molar-refractivity contribution in [2.24, 2.45) is 0 Å². The van der Waals surface area contributed by atoms with Gasteiger partial charge in [-0.1, -0.05) is 0 Å². The van der Waals surface area contributed by atoms with E-state index in [0.29, 0.717) is 11.3 Å². The summed E-state index contributed by atoms with van der Waals surface area (Å²) in [4.78, 5) is 23.3. The molecule has 0 heterocycles. The van der Waals surface area contributed by atoms with E-state index in [4.69, 9.17) is 10.00 Å². The molecule has 0 atom stereocenters. The summed E-state index contributed by atoms with van der Waals surface area (Å²) < 4.78 is 31.0. The van der Waals surface area contributed by atoms with E-state index < -0.39 is 23.4 Å². The Kier molecular flexibility index (Phi) is 6.01. The summed E-state index contributed by atoms with van der Waals surface area (Å²) >= 11 is 0. The molecule has 0 unspecified atom stereocenters. The standard InChI is InChI=1S/C17H13F2N3O3/c18-14-6-3-12(7-15(14)19)22-16(23)9-21-17(24)10-25-13-4-1-11(8-20)2-5-13/h1-7H,9-10H2,(H,21,24)(H,22,23). The minimum Gasteiger partial charge on any atom is -0.484 e. The molecule has 2 rings (SSSR count). The highest BCUT2D eigenvalue weighted by molar-refractivity contribution is 5.94. The summed E-state index contributed by atoms with van der Waals surface area (Å²) in [5.41, 5.74) is 0.540. The molecule has 0 radical (unpaired) electrons. The minimum absolute atomic E-state index is 0.0759. The summed E-state index contributed by atoms with van der Waals surface area (Å²) in [6.07, 6.45) is 0. The van der Waals surface area contributed by atoms with Crippen molar-refractivity contribution in [3.63, 3.8) is 0 Å². The third-order valence-corrected chi connectivity index (χ3v) is 3.00. The lowest BCUT2D eigenvalue weighted by atomic mass is 10.2. The molecule has 2 aromatic carbocycles. The van der Waals surface area contributed by atoms with Crippen molar-refractivity contribution in [1.29, 1.82) is 5.26 Å². The van der Waals surface area contributed by atoms with Gasteiger partial charge in [-0.15, -0.1) is 0 Å². The van der Waals surface area contributed by atoms with E-state index in [9.17, 15) is 18.4 Å². The second-order valence-electron chi connectivity index (χ2n) is 4.88. The fourth-order valence-corrected chi connectivity index (χ4v) is 1.78.